The summed E-state index contributed by atoms with van der Waals surface area (Å²) in [5.74, 6) is 1.53. The summed E-state index contributed by atoms with van der Waals surface area (Å²) in [6.07, 6.45) is 1.34. The monoisotopic (exact) mass is 453 g/mol. The van der Waals surface area contributed by atoms with Gasteiger partial charge >= 0.3 is 5.56 Å². The van der Waals surface area contributed by atoms with Crippen molar-refractivity contribution < 1.29 is 14.7 Å². The van der Waals surface area contributed by atoms with Gasteiger partial charge in [0.25, 0.3) is 0 Å². The molecule has 0 atom stereocenters. The third-order valence-corrected chi connectivity index (χ3v) is 6.28. The number of nitrogens with zero attached hydrogens (tertiary/aromatic N) is 3. The zero-order valence-corrected chi connectivity index (χ0v) is 18.8. The van der Waals surface area contributed by atoms with Crippen LogP contribution in [0.1, 0.15) is 5.56 Å². The Labute approximate surface area is 191 Å². The van der Waals surface area contributed by atoms with Crippen LogP contribution < -0.4 is 14.6 Å². The van der Waals surface area contributed by atoms with E-state index in [2.05, 4.69) is 4.90 Å². The number of aryl methyl sites for hydroxylation is 1. The minimum atomic E-state index is -0.443. The predicted molar refractivity (Wildman–Crippen MR) is 126 cm³/mol. The van der Waals surface area contributed by atoms with Crippen molar-refractivity contribution in [2.75, 3.05) is 43.7 Å². The molecule has 1 aliphatic heterocycles. The molecule has 7 nitrogen and oxygen atoms in total. The Morgan fingerprint density at radius 1 is 1.03 bits per heavy atom. The Morgan fingerprint density at radius 2 is 1.69 bits per heavy atom. The van der Waals surface area contributed by atoms with E-state index >= 15 is 0 Å². The molecule has 0 amide bonds. The Hall–Kier alpha value is -2.94. The minimum Gasteiger partial charge on any atom is -0.457 e. The number of ether oxygens (including phenoxy) is 2. The Bertz CT molecular complexity index is 1060. The number of hydrogen-bond donors (Lipinski definition) is 1. The van der Waals surface area contributed by atoms with Crippen molar-refractivity contribution in [2.24, 2.45) is 0 Å². The second kappa shape index (κ2) is 10.6. The first kappa shape index (κ1) is 22.3. The summed E-state index contributed by atoms with van der Waals surface area (Å²) < 4.78 is 13.9. The fraction of sp³-hybridized carbons (Fsp3) is 0.292. The lowest BCUT2D eigenvalue weighted by Crippen LogP contribution is -2.41. The largest absolute Gasteiger partial charge is 0.457 e. The van der Waals surface area contributed by atoms with Crippen LogP contribution in [0.2, 0.25) is 0 Å². The number of morpholine rings is 1. The first-order chi connectivity index (χ1) is 15.6. The van der Waals surface area contributed by atoms with E-state index in [1.165, 1.54) is 23.7 Å². The van der Waals surface area contributed by atoms with Gasteiger partial charge in [0.1, 0.15) is 17.2 Å². The van der Waals surface area contributed by atoms with E-state index in [9.17, 15) is 10.0 Å². The van der Waals surface area contributed by atoms with Crippen molar-refractivity contribution >= 4 is 17.6 Å². The van der Waals surface area contributed by atoms with Crippen LogP contribution in [-0.2, 0) is 4.74 Å². The van der Waals surface area contributed by atoms with Crippen molar-refractivity contribution in [1.29, 1.82) is 0 Å². The zero-order valence-electron chi connectivity index (χ0n) is 18.0. The number of rotatable bonds is 8. The molecule has 1 fully saturated rings. The van der Waals surface area contributed by atoms with Gasteiger partial charge in [-0.25, -0.2) is 0 Å². The molecule has 0 aliphatic carbocycles. The highest BCUT2D eigenvalue weighted by Crippen LogP contribution is 2.29. The summed E-state index contributed by atoms with van der Waals surface area (Å²) in [5, 5.41) is 9.85. The van der Waals surface area contributed by atoms with Crippen LogP contribution >= 0.6 is 11.9 Å². The van der Waals surface area contributed by atoms with Crippen LogP contribution in [0.4, 0.5) is 5.69 Å². The van der Waals surface area contributed by atoms with E-state index in [4.69, 9.17) is 9.47 Å². The van der Waals surface area contributed by atoms with Gasteiger partial charge in [0.2, 0.25) is 0 Å². The van der Waals surface area contributed by atoms with Crippen LogP contribution in [0.25, 0.3) is 0 Å². The van der Waals surface area contributed by atoms with Crippen LogP contribution in [-0.4, -0.2) is 54.2 Å². The second-order valence-corrected chi connectivity index (χ2v) is 8.67. The van der Waals surface area contributed by atoms with Gasteiger partial charge in [0.05, 0.1) is 13.2 Å². The summed E-state index contributed by atoms with van der Waals surface area (Å²) in [4.78, 5) is 15.8. The topological polar surface area (TPSA) is 67.2 Å². The van der Waals surface area contributed by atoms with Crippen molar-refractivity contribution in [3.8, 4) is 11.5 Å². The van der Waals surface area contributed by atoms with Crippen molar-refractivity contribution in [2.45, 2.75) is 11.8 Å². The quantitative estimate of drug-likeness (QED) is 0.408. The summed E-state index contributed by atoms with van der Waals surface area (Å²) in [6.45, 7) is 6.68. The lowest BCUT2D eigenvalue weighted by atomic mass is 10.2. The summed E-state index contributed by atoms with van der Waals surface area (Å²) in [6, 6.07) is 19.1. The molecule has 0 radical (unpaired) electrons. The van der Waals surface area contributed by atoms with E-state index in [1.54, 1.807) is 12.1 Å². The SMILES string of the molecule is Cc1ccc(Oc2ccc(SN(CCN3CCOCC3)c3cccn(O)c3=O)cc2)cc1. The summed E-state index contributed by atoms with van der Waals surface area (Å²) in [7, 11) is 0. The fourth-order valence-corrected chi connectivity index (χ4v) is 4.29. The molecular weight excluding hydrogens is 426 g/mol. The first-order valence-corrected chi connectivity index (χ1v) is 11.4. The van der Waals surface area contributed by atoms with Gasteiger partial charge in [0, 0.05) is 37.3 Å². The maximum Gasteiger partial charge on any atom is 0.307 e. The molecule has 0 spiro atoms. The zero-order chi connectivity index (χ0) is 22.3. The molecular formula is C24H27N3O4S. The van der Waals surface area contributed by atoms with E-state index < -0.39 is 5.56 Å². The summed E-state index contributed by atoms with van der Waals surface area (Å²) in [5.41, 5.74) is 1.18. The van der Waals surface area contributed by atoms with Crippen LogP contribution in [0.15, 0.2) is 76.6 Å². The fourth-order valence-electron chi connectivity index (χ4n) is 3.37. The molecule has 4 rings (SSSR count). The normalized spacial score (nSPS) is 14.3. The highest BCUT2D eigenvalue weighted by atomic mass is 32.2. The number of benzene rings is 2. The van der Waals surface area contributed by atoms with Crippen molar-refractivity contribution in [3.05, 3.63) is 82.8 Å². The van der Waals surface area contributed by atoms with E-state index in [0.717, 1.165) is 49.2 Å². The Balaban J connectivity index is 1.47. The number of anilines is 1. The molecule has 0 unspecified atom stereocenters. The maximum absolute atomic E-state index is 12.5. The number of pyridine rings is 1. The first-order valence-electron chi connectivity index (χ1n) is 10.6. The third-order valence-electron chi connectivity index (χ3n) is 5.20. The van der Waals surface area contributed by atoms with Gasteiger partial charge in [-0.3, -0.25) is 9.69 Å². The van der Waals surface area contributed by atoms with Gasteiger partial charge < -0.3 is 19.0 Å². The average molecular weight is 454 g/mol. The smallest absolute Gasteiger partial charge is 0.307 e. The molecule has 8 heteroatoms. The predicted octanol–water partition coefficient (Wildman–Crippen LogP) is 4.03. The Morgan fingerprint density at radius 3 is 2.38 bits per heavy atom. The molecule has 1 aliphatic rings. The van der Waals surface area contributed by atoms with Crippen LogP contribution in [0.5, 0.6) is 11.5 Å². The molecule has 1 saturated heterocycles. The van der Waals surface area contributed by atoms with Gasteiger partial charge in [-0.05, 0) is 67.4 Å². The number of hydrogen-bond acceptors (Lipinski definition) is 7. The van der Waals surface area contributed by atoms with Gasteiger partial charge in [-0.1, -0.05) is 17.7 Å². The average Bonchev–Trinajstić information content (AvgIpc) is 2.82. The number of aromatic nitrogens is 1. The van der Waals surface area contributed by atoms with Crippen LogP contribution in [0.3, 0.4) is 0 Å². The van der Waals surface area contributed by atoms with Gasteiger partial charge in [0.15, 0.2) is 0 Å². The molecule has 0 saturated carbocycles. The molecule has 168 valence electrons. The lowest BCUT2D eigenvalue weighted by Gasteiger charge is -2.30. The minimum absolute atomic E-state index is 0.438. The maximum atomic E-state index is 12.5. The Kier molecular flexibility index (Phi) is 7.36. The van der Waals surface area contributed by atoms with Crippen molar-refractivity contribution in [1.82, 2.24) is 9.63 Å². The summed E-state index contributed by atoms with van der Waals surface area (Å²) >= 11 is 1.47. The highest BCUT2D eigenvalue weighted by Gasteiger charge is 2.17. The van der Waals surface area contributed by atoms with Crippen LogP contribution in [0, 0.1) is 6.92 Å². The molecule has 2 aromatic carbocycles. The third kappa shape index (κ3) is 5.85. The molecule has 2 heterocycles. The molecule has 32 heavy (non-hydrogen) atoms. The molecule has 1 aromatic heterocycles. The molecule has 0 bridgehead atoms. The van der Waals surface area contributed by atoms with E-state index in [0.29, 0.717) is 17.0 Å². The van der Waals surface area contributed by atoms with Gasteiger partial charge in [-0.2, -0.15) is 4.73 Å². The van der Waals surface area contributed by atoms with E-state index in [1.807, 2.05) is 59.8 Å². The lowest BCUT2D eigenvalue weighted by molar-refractivity contribution is 0.0395. The highest BCUT2D eigenvalue weighted by molar-refractivity contribution is 8.00. The van der Waals surface area contributed by atoms with E-state index in [-0.39, 0.29) is 0 Å². The second-order valence-electron chi connectivity index (χ2n) is 7.58. The standard InChI is InChI=1S/C24H27N3O4S/c1-19-4-6-20(7-5-19)31-21-8-10-22(11-9-21)32-27(14-13-25-15-17-30-18-16-25)23-3-2-12-26(29)24(23)28/h2-12,29H,13-18H2,1H3. The molecule has 1 N–H and O–H groups in total. The van der Waals surface area contributed by atoms with Crippen molar-refractivity contribution in [3.63, 3.8) is 0 Å². The molecule has 3 aromatic rings. The van der Waals surface area contributed by atoms with Gasteiger partial charge in [-0.15, -0.1) is 0 Å².